The van der Waals surface area contributed by atoms with Crippen molar-refractivity contribution in [1.82, 2.24) is 15.6 Å². The molecule has 0 radical (unpaired) electrons. The van der Waals surface area contributed by atoms with Gasteiger partial charge in [0.25, 0.3) is 0 Å². The molecule has 2 rings (SSSR count). The zero-order valence-corrected chi connectivity index (χ0v) is 10.4. The molecule has 0 bridgehead atoms. The summed E-state index contributed by atoms with van der Waals surface area (Å²) < 4.78 is 5.23. The van der Waals surface area contributed by atoms with Gasteiger partial charge in [0.2, 0.25) is 5.88 Å². The van der Waals surface area contributed by atoms with Crippen LogP contribution in [0.3, 0.4) is 0 Å². The highest BCUT2D eigenvalue weighted by atomic mass is 16.5. The third kappa shape index (κ3) is 3.68. The second-order valence-corrected chi connectivity index (χ2v) is 4.50. The third-order valence-electron chi connectivity index (χ3n) is 3.25. The number of piperidine rings is 1. The zero-order chi connectivity index (χ0) is 11.9. The van der Waals surface area contributed by atoms with E-state index in [4.69, 9.17) is 4.74 Å². The van der Waals surface area contributed by atoms with E-state index in [-0.39, 0.29) is 0 Å². The molecule has 1 aliphatic rings. The number of ether oxygens (including phenoxy) is 1. The SMILES string of the molecule is COc1ncccc1CNCC1CCNCC1. The number of nitrogens with zero attached hydrogens (tertiary/aromatic N) is 1. The van der Waals surface area contributed by atoms with Gasteiger partial charge in [0.15, 0.2) is 0 Å². The summed E-state index contributed by atoms with van der Waals surface area (Å²) in [6.07, 6.45) is 4.31. The Labute approximate surface area is 103 Å². The van der Waals surface area contributed by atoms with Gasteiger partial charge < -0.3 is 15.4 Å². The maximum Gasteiger partial charge on any atom is 0.217 e. The van der Waals surface area contributed by atoms with E-state index in [1.807, 2.05) is 6.07 Å². The minimum Gasteiger partial charge on any atom is -0.481 e. The van der Waals surface area contributed by atoms with Crippen molar-refractivity contribution in [3.63, 3.8) is 0 Å². The molecular weight excluding hydrogens is 214 g/mol. The summed E-state index contributed by atoms with van der Waals surface area (Å²) in [5.41, 5.74) is 1.13. The predicted octanol–water partition coefficient (Wildman–Crippen LogP) is 1.18. The molecule has 0 unspecified atom stereocenters. The van der Waals surface area contributed by atoms with E-state index in [1.165, 1.54) is 12.8 Å². The summed E-state index contributed by atoms with van der Waals surface area (Å²) in [6.45, 7) is 4.23. The van der Waals surface area contributed by atoms with Gasteiger partial charge in [-0.25, -0.2) is 4.98 Å². The van der Waals surface area contributed by atoms with Crippen LogP contribution in [0.1, 0.15) is 18.4 Å². The number of aromatic nitrogens is 1. The van der Waals surface area contributed by atoms with Crippen LogP contribution in [0.25, 0.3) is 0 Å². The van der Waals surface area contributed by atoms with Gasteiger partial charge in [0.05, 0.1) is 7.11 Å². The zero-order valence-electron chi connectivity index (χ0n) is 10.4. The Morgan fingerprint density at radius 1 is 1.47 bits per heavy atom. The smallest absolute Gasteiger partial charge is 0.217 e. The average Bonchev–Trinajstić information content (AvgIpc) is 2.40. The summed E-state index contributed by atoms with van der Waals surface area (Å²) in [4.78, 5) is 4.19. The van der Waals surface area contributed by atoms with E-state index >= 15 is 0 Å². The Morgan fingerprint density at radius 3 is 3.06 bits per heavy atom. The summed E-state index contributed by atoms with van der Waals surface area (Å²) in [7, 11) is 1.67. The molecule has 2 heterocycles. The van der Waals surface area contributed by atoms with Crippen molar-refractivity contribution >= 4 is 0 Å². The van der Waals surface area contributed by atoms with Crippen LogP contribution in [0.2, 0.25) is 0 Å². The van der Waals surface area contributed by atoms with E-state index in [1.54, 1.807) is 13.3 Å². The fourth-order valence-corrected chi connectivity index (χ4v) is 2.24. The fourth-order valence-electron chi connectivity index (χ4n) is 2.24. The van der Waals surface area contributed by atoms with Gasteiger partial charge in [0.1, 0.15) is 0 Å². The minimum atomic E-state index is 0.727. The lowest BCUT2D eigenvalue weighted by atomic mass is 9.98. The first-order chi connectivity index (χ1) is 8.40. The molecule has 4 heteroatoms. The summed E-state index contributed by atoms with van der Waals surface area (Å²) >= 11 is 0. The lowest BCUT2D eigenvalue weighted by Gasteiger charge is -2.22. The first-order valence-corrected chi connectivity index (χ1v) is 6.29. The Kier molecular flexibility index (Phi) is 4.76. The molecule has 4 nitrogen and oxygen atoms in total. The molecule has 0 aromatic carbocycles. The van der Waals surface area contributed by atoms with E-state index in [2.05, 4.69) is 21.7 Å². The number of nitrogens with one attached hydrogen (secondary N) is 2. The van der Waals surface area contributed by atoms with Crippen molar-refractivity contribution in [2.24, 2.45) is 5.92 Å². The Balaban J connectivity index is 1.77. The van der Waals surface area contributed by atoms with Crippen LogP contribution in [-0.4, -0.2) is 31.7 Å². The maximum absolute atomic E-state index is 5.23. The van der Waals surface area contributed by atoms with Crippen molar-refractivity contribution in [2.75, 3.05) is 26.7 Å². The number of pyridine rings is 1. The second kappa shape index (κ2) is 6.57. The van der Waals surface area contributed by atoms with Crippen molar-refractivity contribution in [2.45, 2.75) is 19.4 Å². The van der Waals surface area contributed by atoms with Crippen molar-refractivity contribution in [3.05, 3.63) is 23.9 Å². The van der Waals surface area contributed by atoms with Crippen LogP contribution in [0.5, 0.6) is 5.88 Å². The highest BCUT2D eigenvalue weighted by molar-refractivity contribution is 5.24. The van der Waals surface area contributed by atoms with Crippen molar-refractivity contribution < 1.29 is 4.74 Å². The molecule has 17 heavy (non-hydrogen) atoms. The number of methoxy groups -OCH3 is 1. The standard InChI is InChI=1S/C13H21N3O/c1-17-13-12(3-2-6-16-13)10-15-9-11-4-7-14-8-5-11/h2-3,6,11,14-15H,4-5,7-10H2,1H3. The minimum absolute atomic E-state index is 0.727. The van der Waals surface area contributed by atoms with Crippen LogP contribution in [-0.2, 0) is 6.54 Å². The average molecular weight is 235 g/mol. The predicted molar refractivity (Wildman–Crippen MR) is 68.1 cm³/mol. The molecule has 0 aliphatic carbocycles. The van der Waals surface area contributed by atoms with Crippen LogP contribution < -0.4 is 15.4 Å². The summed E-state index contributed by atoms with van der Waals surface area (Å²) in [5.74, 6) is 1.53. The molecule has 2 N–H and O–H groups in total. The Bertz CT molecular complexity index is 337. The highest BCUT2D eigenvalue weighted by Gasteiger charge is 2.12. The van der Waals surface area contributed by atoms with Gasteiger partial charge in [-0.3, -0.25) is 0 Å². The summed E-state index contributed by atoms with van der Waals surface area (Å²) in [6, 6.07) is 4.01. The molecule has 0 spiro atoms. The maximum atomic E-state index is 5.23. The molecular formula is C13H21N3O. The molecule has 94 valence electrons. The molecule has 0 atom stereocenters. The molecule has 1 saturated heterocycles. The number of rotatable bonds is 5. The first-order valence-electron chi connectivity index (χ1n) is 6.29. The van der Waals surface area contributed by atoms with Crippen molar-refractivity contribution in [1.29, 1.82) is 0 Å². The monoisotopic (exact) mass is 235 g/mol. The van der Waals surface area contributed by atoms with Gasteiger partial charge in [-0.1, -0.05) is 6.07 Å². The number of hydrogen-bond acceptors (Lipinski definition) is 4. The Hall–Kier alpha value is -1.13. The van der Waals surface area contributed by atoms with E-state index in [9.17, 15) is 0 Å². The molecule has 0 amide bonds. The lowest BCUT2D eigenvalue weighted by molar-refractivity contribution is 0.352. The lowest BCUT2D eigenvalue weighted by Crippen LogP contribution is -2.33. The van der Waals surface area contributed by atoms with E-state index < -0.39 is 0 Å². The quantitative estimate of drug-likeness (QED) is 0.804. The molecule has 0 saturated carbocycles. The van der Waals surface area contributed by atoms with Crippen LogP contribution >= 0.6 is 0 Å². The van der Waals surface area contributed by atoms with Gasteiger partial charge in [-0.15, -0.1) is 0 Å². The fraction of sp³-hybridized carbons (Fsp3) is 0.615. The van der Waals surface area contributed by atoms with Gasteiger partial charge in [0, 0.05) is 18.3 Å². The molecule has 1 aromatic rings. The molecule has 1 fully saturated rings. The Morgan fingerprint density at radius 2 is 2.29 bits per heavy atom. The summed E-state index contributed by atoms with van der Waals surface area (Å²) in [5, 5.41) is 6.88. The topological polar surface area (TPSA) is 46.2 Å². The number of hydrogen-bond donors (Lipinski definition) is 2. The third-order valence-corrected chi connectivity index (χ3v) is 3.25. The van der Waals surface area contributed by atoms with Crippen molar-refractivity contribution in [3.8, 4) is 5.88 Å². The van der Waals surface area contributed by atoms with Gasteiger partial charge >= 0.3 is 0 Å². The second-order valence-electron chi connectivity index (χ2n) is 4.50. The van der Waals surface area contributed by atoms with Crippen LogP contribution in [0.15, 0.2) is 18.3 Å². The van der Waals surface area contributed by atoms with Gasteiger partial charge in [-0.05, 0) is 44.5 Å². The largest absolute Gasteiger partial charge is 0.481 e. The van der Waals surface area contributed by atoms with Crippen LogP contribution in [0.4, 0.5) is 0 Å². The molecule has 1 aromatic heterocycles. The first kappa shape index (κ1) is 12.3. The molecule has 1 aliphatic heterocycles. The van der Waals surface area contributed by atoms with E-state index in [0.29, 0.717) is 0 Å². The highest BCUT2D eigenvalue weighted by Crippen LogP contribution is 2.14. The van der Waals surface area contributed by atoms with E-state index in [0.717, 1.165) is 43.5 Å². The normalized spacial score (nSPS) is 17.0. The van der Waals surface area contributed by atoms with Crippen LogP contribution in [0, 0.1) is 5.92 Å². The van der Waals surface area contributed by atoms with Gasteiger partial charge in [-0.2, -0.15) is 0 Å².